The van der Waals surface area contributed by atoms with Crippen molar-refractivity contribution in [3.05, 3.63) is 105 Å². The molecule has 2 aliphatic rings. The van der Waals surface area contributed by atoms with Gasteiger partial charge in [-0.25, -0.2) is 4.79 Å². The lowest BCUT2D eigenvalue weighted by Gasteiger charge is -2.39. The molecular weight excluding hydrogens is 657 g/mol. The van der Waals surface area contributed by atoms with Gasteiger partial charge in [-0.15, -0.1) is 0 Å². The molecule has 3 aromatic rings. The highest BCUT2D eigenvalue weighted by molar-refractivity contribution is 6.30. The first-order valence-corrected chi connectivity index (χ1v) is 17.3. The fraction of sp³-hybridized carbons (Fsp3) is 0.395. The van der Waals surface area contributed by atoms with Crippen LogP contribution < -0.4 is 0 Å². The Morgan fingerprint density at radius 1 is 0.939 bits per heavy atom. The van der Waals surface area contributed by atoms with Crippen LogP contribution in [0.1, 0.15) is 67.1 Å². The fourth-order valence-electron chi connectivity index (χ4n) is 6.30. The summed E-state index contributed by atoms with van der Waals surface area (Å²) in [5.41, 5.74) is 3.71. The Hall–Kier alpha value is -4.41. The summed E-state index contributed by atoms with van der Waals surface area (Å²) < 4.78 is 0. The van der Waals surface area contributed by atoms with Crippen molar-refractivity contribution in [1.82, 2.24) is 19.6 Å². The largest absolute Gasteiger partial charge is 0.344 e. The summed E-state index contributed by atoms with van der Waals surface area (Å²) in [5, 5.41) is 20.1. The minimum Gasteiger partial charge on any atom is -0.344 e. The quantitative estimate of drug-likeness (QED) is 0.239. The predicted molar refractivity (Wildman–Crippen MR) is 192 cm³/mol. The Morgan fingerprint density at radius 2 is 1.55 bits per heavy atom. The summed E-state index contributed by atoms with van der Waals surface area (Å²) in [5.74, 6) is 0.499. The number of halogens is 2. The van der Waals surface area contributed by atoms with Crippen molar-refractivity contribution in [2.45, 2.75) is 51.1 Å². The van der Waals surface area contributed by atoms with Gasteiger partial charge >= 0.3 is 6.03 Å². The fourth-order valence-corrected chi connectivity index (χ4v) is 6.56. The highest BCUT2D eigenvalue weighted by Crippen LogP contribution is 2.45. The number of likely N-dealkylation sites (N-methyl/N-ethyl adjacent to an activating group) is 1. The van der Waals surface area contributed by atoms with Gasteiger partial charge in [0.05, 0.1) is 36.6 Å². The molecule has 0 radical (unpaired) electrons. The van der Waals surface area contributed by atoms with E-state index in [1.807, 2.05) is 95.3 Å². The van der Waals surface area contributed by atoms with Gasteiger partial charge in [-0.3, -0.25) is 19.6 Å². The van der Waals surface area contributed by atoms with Gasteiger partial charge in [0.2, 0.25) is 5.91 Å². The van der Waals surface area contributed by atoms with Crippen LogP contribution in [0.3, 0.4) is 0 Å². The standard InChI is InChI=1S/C38H41Cl2N7O2/c1-5-26-7-12-29(38(2,3)25-42)23-32(26)36-43-34(27-8-13-30(39)14-9-27)35(28-10-15-31(40)16-11-28)47(36)37(49)46-21-19-45(20-22-46)24-33(48)44(4)18-6-17-41/h7-16,23,34-35H,5-6,18-22,24H2,1-4H3/t34-,35+/m0/s1. The van der Waals surface area contributed by atoms with E-state index in [1.165, 1.54) is 0 Å². The number of amides is 3. The van der Waals surface area contributed by atoms with Crippen LogP contribution in [-0.2, 0) is 16.6 Å². The van der Waals surface area contributed by atoms with E-state index in [4.69, 9.17) is 33.5 Å². The highest BCUT2D eigenvalue weighted by Gasteiger charge is 2.45. The van der Waals surface area contributed by atoms with Gasteiger partial charge in [-0.1, -0.05) is 66.5 Å². The molecule has 3 aromatic carbocycles. The Kier molecular flexibility index (Phi) is 11.3. The van der Waals surface area contributed by atoms with Gasteiger partial charge < -0.3 is 9.80 Å². The molecule has 2 atom stereocenters. The van der Waals surface area contributed by atoms with Crippen LogP contribution in [0.4, 0.5) is 4.79 Å². The predicted octanol–water partition coefficient (Wildman–Crippen LogP) is 7.01. The van der Waals surface area contributed by atoms with Gasteiger partial charge in [0.25, 0.3) is 0 Å². The number of nitrogens with zero attached hydrogens (tertiary/aromatic N) is 7. The monoisotopic (exact) mass is 697 g/mol. The molecule has 0 spiro atoms. The maximum absolute atomic E-state index is 14.9. The van der Waals surface area contributed by atoms with E-state index in [1.54, 1.807) is 11.9 Å². The molecule has 0 aromatic heterocycles. The van der Waals surface area contributed by atoms with E-state index in [0.29, 0.717) is 55.0 Å². The van der Waals surface area contributed by atoms with Gasteiger partial charge in [-0.2, -0.15) is 10.5 Å². The normalized spacial score (nSPS) is 18.1. The van der Waals surface area contributed by atoms with E-state index < -0.39 is 17.5 Å². The summed E-state index contributed by atoms with van der Waals surface area (Å²) in [4.78, 5) is 40.3. The van der Waals surface area contributed by atoms with Crippen molar-refractivity contribution < 1.29 is 9.59 Å². The number of aryl methyl sites for hydroxylation is 1. The second-order valence-electron chi connectivity index (χ2n) is 13.0. The molecule has 0 unspecified atom stereocenters. The molecule has 1 saturated heterocycles. The second-order valence-corrected chi connectivity index (χ2v) is 13.9. The van der Waals surface area contributed by atoms with Crippen LogP contribution in [0.15, 0.2) is 71.7 Å². The van der Waals surface area contributed by atoms with Gasteiger partial charge in [0.1, 0.15) is 11.9 Å². The van der Waals surface area contributed by atoms with E-state index in [2.05, 4.69) is 19.1 Å². The first-order valence-electron chi connectivity index (χ1n) is 16.5. The summed E-state index contributed by atoms with van der Waals surface area (Å²) >= 11 is 12.6. The van der Waals surface area contributed by atoms with Crippen LogP contribution >= 0.6 is 23.2 Å². The smallest absolute Gasteiger partial charge is 0.326 e. The second kappa shape index (κ2) is 15.4. The Labute approximate surface area is 298 Å². The van der Waals surface area contributed by atoms with Crippen molar-refractivity contribution in [2.24, 2.45) is 4.99 Å². The van der Waals surface area contributed by atoms with Crippen LogP contribution in [-0.4, -0.2) is 83.7 Å². The van der Waals surface area contributed by atoms with Crippen LogP contribution in [0.2, 0.25) is 10.0 Å². The van der Waals surface area contributed by atoms with Crippen molar-refractivity contribution >= 4 is 41.0 Å². The Bertz CT molecular complexity index is 1790. The Balaban J connectivity index is 1.56. The minimum atomic E-state index is -0.753. The summed E-state index contributed by atoms with van der Waals surface area (Å²) in [6.45, 7) is 8.38. The lowest BCUT2D eigenvalue weighted by atomic mass is 9.84. The van der Waals surface area contributed by atoms with Gasteiger partial charge in [-0.05, 0) is 72.9 Å². The van der Waals surface area contributed by atoms with Gasteiger partial charge in [0.15, 0.2) is 0 Å². The number of hydrogen-bond acceptors (Lipinski definition) is 6. The average Bonchev–Trinajstić information content (AvgIpc) is 3.51. The molecular formula is C38H41Cl2N7O2. The molecule has 9 nitrogen and oxygen atoms in total. The third-order valence-corrected chi connectivity index (χ3v) is 9.92. The number of benzene rings is 3. The van der Waals surface area contributed by atoms with Crippen LogP contribution in [0.5, 0.6) is 0 Å². The number of piperazine rings is 1. The van der Waals surface area contributed by atoms with Crippen molar-refractivity contribution in [1.29, 1.82) is 10.5 Å². The lowest BCUT2D eigenvalue weighted by Crippen LogP contribution is -2.55. The van der Waals surface area contributed by atoms with Crippen molar-refractivity contribution in [2.75, 3.05) is 46.3 Å². The molecule has 3 amide bonds. The molecule has 1 fully saturated rings. The molecule has 2 aliphatic heterocycles. The molecule has 0 N–H and O–H groups in total. The van der Waals surface area contributed by atoms with E-state index in [9.17, 15) is 14.9 Å². The maximum atomic E-state index is 14.9. The molecule has 0 saturated carbocycles. The molecule has 49 heavy (non-hydrogen) atoms. The van der Waals surface area contributed by atoms with Crippen LogP contribution in [0, 0.1) is 22.7 Å². The van der Waals surface area contributed by atoms with Crippen molar-refractivity contribution in [3.8, 4) is 12.1 Å². The first-order chi connectivity index (χ1) is 23.5. The number of carbonyl (C=O) groups is 2. The SMILES string of the molecule is CCc1ccc(C(C)(C)C#N)cc1C1=N[C@@H](c2ccc(Cl)cc2)[C@@H](c2ccc(Cl)cc2)N1C(=O)N1CCN(CC(=O)N(C)CCC#N)CC1. The number of nitriles is 2. The number of carbonyl (C=O) groups excluding carboxylic acids is 2. The third-order valence-electron chi connectivity index (χ3n) is 9.42. The molecule has 254 valence electrons. The molecule has 2 heterocycles. The number of aliphatic imine (C=N–C) groups is 1. The zero-order chi connectivity index (χ0) is 35.3. The Morgan fingerprint density at radius 3 is 2.12 bits per heavy atom. The maximum Gasteiger partial charge on any atom is 0.326 e. The summed E-state index contributed by atoms with van der Waals surface area (Å²) in [7, 11) is 1.71. The first kappa shape index (κ1) is 35.9. The molecule has 5 rings (SSSR count). The summed E-state index contributed by atoms with van der Waals surface area (Å²) in [6, 6.07) is 24.5. The van der Waals surface area contributed by atoms with Crippen LogP contribution in [0.25, 0.3) is 0 Å². The number of urea groups is 1. The summed E-state index contributed by atoms with van der Waals surface area (Å²) in [6.07, 6.45) is 0.989. The molecule has 0 bridgehead atoms. The minimum absolute atomic E-state index is 0.0510. The number of amidine groups is 1. The molecule has 0 aliphatic carbocycles. The highest BCUT2D eigenvalue weighted by atomic mass is 35.5. The van der Waals surface area contributed by atoms with E-state index in [-0.39, 0.29) is 24.9 Å². The lowest BCUT2D eigenvalue weighted by molar-refractivity contribution is -0.131. The zero-order valence-electron chi connectivity index (χ0n) is 28.4. The third kappa shape index (κ3) is 7.92. The van der Waals surface area contributed by atoms with Gasteiger partial charge in [0, 0.05) is 55.4 Å². The number of hydrogen-bond donors (Lipinski definition) is 0. The van der Waals surface area contributed by atoms with E-state index >= 15 is 0 Å². The van der Waals surface area contributed by atoms with E-state index in [0.717, 1.165) is 27.8 Å². The topological polar surface area (TPSA) is 107 Å². The molecule has 11 heteroatoms. The van der Waals surface area contributed by atoms with Crippen molar-refractivity contribution in [3.63, 3.8) is 0 Å². The average molecular weight is 699 g/mol. The zero-order valence-corrected chi connectivity index (χ0v) is 29.9. The number of rotatable bonds is 9.